The molecule has 0 aliphatic carbocycles. The molecular formula is C22H21NO4. The predicted octanol–water partition coefficient (Wildman–Crippen LogP) is 3.80. The van der Waals surface area contributed by atoms with Gasteiger partial charge in [-0.2, -0.15) is 0 Å². The van der Waals surface area contributed by atoms with Crippen molar-refractivity contribution < 1.29 is 19.0 Å². The van der Waals surface area contributed by atoms with Crippen LogP contribution in [0.5, 0.6) is 11.5 Å². The number of hydrogen-bond acceptors (Lipinski definition) is 5. The number of para-hydroxylation sites is 1. The van der Waals surface area contributed by atoms with Gasteiger partial charge in [0.1, 0.15) is 23.8 Å². The Bertz CT molecular complexity index is 905. The van der Waals surface area contributed by atoms with Gasteiger partial charge in [-0.3, -0.25) is 4.79 Å². The molecule has 27 heavy (non-hydrogen) atoms. The number of benzene rings is 2. The minimum Gasteiger partial charge on any atom is -0.497 e. The number of Topliss-reactive ketones (excluding diaryl/α,β-unsaturated/α-hetero) is 1. The van der Waals surface area contributed by atoms with Gasteiger partial charge in [0.05, 0.1) is 18.2 Å². The zero-order chi connectivity index (χ0) is 18.4. The van der Waals surface area contributed by atoms with E-state index in [9.17, 15) is 4.79 Å². The van der Waals surface area contributed by atoms with E-state index in [0.717, 1.165) is 24.3 Å². The van der Waals surface area contributed by atoms with Crippen LogP contribution in [-0.4, -0.2) is 31.8 Å². The maximum Gasteiger partial charge on any atom is 0.197 e. The Kier molecular flexibility index (Phi) is 3.90. The van der Waals surface area contributed by atoms with E-state index in [2.05, 4.69) is 4.90 Å². The molecule has 0 radical (unpaired) electrons. The number of fused-ring (bicyclic) bond motifs is 4. The van der Waals surface area contributed by atoms with Crippen LogP contribution in [0.25, 0.3) is 0 Å². The molecule has 1 saturated heterocycles. The molecule has 2 aromatic rings. The summed E-state index contributed by atoms with van der Waals surface area (Å²) in [6.07, 6.45) is 3.46. The smallest absolute Gasteiger partial charge is 0.197 e. The summed E-state index contributed by atoms with van der Waals surface area (Å²) in [5, 5.41) is 0. The van der Waals surface area contributed by atoms with Crippen molar-refractivity contribution in [1.29, 1.82) is 0 Å². The number of carbonyl (C=O) groups is 1. The number of carbonyl (C=O) groups excluding carboxylic acids is 1. The van der Waals surface area contributed by atoms with Crippen molar-refractivity contribution in [2.24, 2.45) is 5.92 Å². The van der Waals surface area contributed by atoms with E-state index in [1.807, 2.05) is 54.7 Å². The van der Waals surface area contributed by atoms with E-state index in [1.54, 1.807) is 7.11 Å². The van der Waals surface area contributed by atoms with Crippen LogP contribution in [0.4, 0.5) is 5.69 Å². The molecule has 5 heteroatoms. The van der Waals surface area contributed by atoms with Gasteiger partial charge >= 0.3 is 0 Å². The number of ether oxygens (including phenoxy) is 3. The first-order valence-corrected chi connectivity index (χ1v) is 9.32. The summed E-state index contributed by atoms with van der Waals surface area (Å²) in [7, 11) is 1.65. The predicted molar refractivity (Wildman–Crippen MR) is 101 cm³/mol. The topological polar surface area (TPSA) is 48.0 Å². The Balaban J connectivity index is 1.60. The number of methoxy groups -OCH3 is 1. The third kappa shape index (κ3) is 2.61. The molecule has 0 saturated carbocycles. The van der Waals surface area contributed by atoms with Crippen LogP contribution in [0.3, 0.4) is 0 Å². The molecule has 0 amide bonds. The van der Waals surface area contributed by atoms with E-state index >= 15 is 0 Å². The minimum atomic E-state index is -0.257. The van der Waals surface area contributed by atoms with Crippen LogP contribution in [0.1, 0.15) is 23.2 Å². The Morgan fingerprint density at radius 1 is 1.11 bits per heavy atom. The Morgan fingerprint density at radius 2 is 1.93 bits per heavy atom. The average Bonchev–Trinajstić information content (AvgIpc) is 2.74. The van der Waals surface area contributed by atoms with Gasteiger partial charge in [-0.25, -0.2) is 0 Å². The van der Waals surface area contributed by atoms with Gasteiger partial charge in [0.2, 0.25) is 0 Å². The maximum atomic E-state index is 13.2. The standard InChI is InChI=1S/C22H21NO4/c1-25-15-10-8-14(9-11-15)23-13-18-20(24)16-5-2-3-7-19(16)27-21(18)17-6-4-12-26-22(17)23/h2-3,5,7-11,13,17,21-22H,4,6,12H2,1H3. The summed E-state index contributed by atoms with van der Waals surface area (Å²) < 4.78 is 17.7. The van der Waals surface area contributed by atoms with Crippen LogP contribution in [0, 0.1) is 5.92 Å². The fraction of sp³-hybridized carbons (Fsp3) is 0.318. The van der Waals surface area contributed by atoms with Crippen molar-refractivity contribution in [3.63, 3.8) is 0 Å². The summed E-state index contributed by atoms with van der Waals surface area (Å²) >= 11 is 0. The van der Waals surface area contributed by atoms with Crippen molar-refractivity contribution in [2.75, 3.05) is 18.6 Å². The van der Waals surface area contributed by atoms with E-state index < -0.39 is 0 Å². The zero-order valence-corrected chi connectivity index (χ0v) is 15.1. The van der Waals surface area contributed by atoms with Gasteiger partial charge in [0.15, 0.2) is 5.78 Å². The lowest BCUT2D eigenvalue weighted by atomic mass is 9.81. The summed E-state index contributed by atoms with van der Waals surface area (Å²) in [6.45, 7) is 0.717. The van der Waals surface area contributed by atoms with E-state index in [1.165, 1.54) is 0 Å². The normalized spacial score (nSPS) is 26.3. The van der Waals surface area contributed by atoms with Gasteiger partial charge in [-0.05, 0) is 49.2 Å². The maximum absolute atomic E-state index is 13.2. The number of nitrogens with zero attached hydrogens (tertiary/aromatic N) is 1. The number of ketones is 1. The largest absolute Gasteiger partial charge is 0.497 e. The Labute approximate surface area is 158 Å². The highest BCUT2D eigenvalue weighted by Gasteiger charge is 2.47. The molecule has 3 aliphatic rings. The molecule has 138 valence electrons. The van der Waals surface area contributed by atoms with Gasteiger partial charge in [0.25, 0.3) is 0 Å². The summed E-state index contributed by atoms with van der Waals surface area (Å²) in [5.41, 5.74) is 2.31. The minimum absolute atomic E-state index is 0.0457. The van der Waals surface area contributed by atoms with Crippen LogP contribution in [0.15, 0.2) is 60.3 Å². The van der Waals surface area contributed by atoms with Crippen LogP contribution in [0.2, 0.25) is 0 Å². The molecule has 2 aromatic carbocycles. The lowest BCUT2D eigenvalue weighted by Gasteiger charge is -2.47. The third-order valence-electron chi connectivity index (χ3n) is 5.60. The zero-order valence-electron chi connectivity index (χ0n) is 15.1. The Morgan fingerprint density at radius 3 is 2.74 bits per heavy atom. The van der Waals surface area contributed by atoms with E-state index in [4.69, 9.17) is 14.2 Å². The monoisotopic (exact) mass is 363 g/mol. The van der Waals surface area contributed by atoms with Crippen LogP contribution < -0.4 is 14.4 Å². The van der Waals surface area contributed by atoms with Crippen molar-refractivity contribution in [3.05, 3.63) is 65.9 Å². The van der Waals surface area contributed by atoms with Gasteiger partial charge in [-0.1, -0.05) is 12.1 Å². The van der Waals surface area contributed by atoms with Gasteiger partial charge in [-0.15, -0.1) is 0 Å². The van der Waals surface area contributed by atoms with Crippen molar-refractivity contribution in [3.8, 4) is 11.5 Å². The first-order chi connectivity index (χ1) is 13.3. The molecule has 0 spiro atoms. The molecule has 0 bridgehead atoms. The molecule has 5 rings (SSSR count). The molecule has 3 aliphatic heterocycles. The average molecular weight is 363 g/mol. The molecule has 3 heterocycles. The van der Waals surface area contributed by atoms with Crippen molar-refractivity contribution in [2.45, 2.75) is 25.2 Å². The molecule has 3 atom stereocenters. The van der Waals surface area contributed by atoms with Gasteiger partial charge in [0, 0.05) is 24.4 Å². The highest BCUT2D eigenvalue weighted by atomic mass is 16.5. The van der Waals surface area contributed by atoms with Crippen LogP contribution >= 0.6 is 0 Å². The lowest BCUT2D eigenvalue weighted by Crippen LogP contribution is -2.55. The quantitative estimate of drug-likeness (QED) is 0.812. The van der Waals surface area contributed by atoms with E-state index in [0.29, 0.717) is 23.5 Å². The van der Waals surface area contributed by atoms with Crippen molar-refractivity contribution in [1.82, 2.24) is 0 Å². The van der Waals surface area contributed by atoms with Crippen molar-refractivity contribution >= 4 is 11.5 Å². The highest BCUT2D eigenvalue weighted by molar-refractivity contribution is 6.12. The number of hydrogen-bond donors (Lipinski definition) is 0. The third-order valence-corrected chi connectivity index (χ3v) is 5.60. The highest BCUT2D eigenvalue weighted by Crippen LogP contribution is 2.43. The molecule has 0 N–H and O–H groups in total. The second-order valence-electron chi connectivity index (χ2n) is 7.12. The fourth-order valence-corrected chi connectivity index (χ4v) is 4.27. The van der Waals surface area contributed by atoms with Crippen LogP contribution in [-0.2, 0) is 4.74 Å². The number of rotatable bonds is 2. The lowest BCUT2D eigenvalue weighted by molar-refractivity contribution is -0.0599. The summed E-state index contributed by atoms with van der Waals surface area (Å²) in [6, 6.07) is 15.3. The first kappa shape index (κ1) is 16.4. The van der Waals surface area contributed by atoms with E-state index in [-0.39, 0.29) is 24.0 Å². The SMILES string of the molecule is COc1ccc(N2C=C3C(=O)c4ccccc4OC3C3CCCOC32)cc1. The fourth-order valence-electron chi connectivity index (χ4n) is 4.27. The molecule has 0 aromatic heterocycles. The molecule has 5 nitrogen and oxygen atoms in total. The number of anilines is 1. The summed E-state index contributed by atoms with van der Waals surface area (Å²) in [4.78, 5) is 15.2. The summed E-state index contributed by atoms with van der Waals surface area (Å²) in [5.74, 6) is 1.63. The first-order valence-electron chi connectivity index (χ1n) is 9.32. The second kappa shape index (κ2) is 6.43. The molecular weight excluding hydrogens is 342 g/mol. The molecule has 3 unspecified atom stereocenters. The van der Waals surface area contributed by atoms with Gasteiger partial charge < -0.3 is 19.1 Å². The second-order valence-corrected chi connectivity index (χ2v) is 7.12. The molecule has 1 fully saturated rings. The Hall–Kier alpha value is -2.79.